The van der Waals surface area contributed by atoms with Crippen LogP contribution in [-0.2, 0) is 30.4 Å². The number of nitrogens with one attached hydrogen (secondary N) is 3. The van der Waals surface area contributed by atoms with E-state index in [1.165, 1.54) is 31.2 Å². The number of phenols is 1. The maximum absolute atomic E-state index is 12.9. The van der Waals surface area contributed by atoms with Crippen LogP contribution in [0.25, 0.3) is 0 Å². The predicted octanol–water partition coefficient (Wildman–Crippen LogP) is -0.658. The van der Waals surface area contributed by atoms with E-state index in [0.29, 0.717) is 12.0 Å². The van der Waals surface area contributed by atoms with Crippen LogP contribution in [-0.4, -0.2) is 69.1 Å². The Hall–Kier alpha value is -3.67. The van der Waals surface area contributed by atoms with Crippen molar-refractivity contribution in [1.29, 1.82) is 0 Å². The van der Waals surface area contributed by atoms with Gasteiger partial charge in [0.05, 0.1) is 12.5 Å². The highest BCUT2D eigenvalue weighted by Gasteiger charge is 2.31. The van der Waals surface area contributed by atoms with Crippen molar-refractivity contribution in [3.05, 3.63) is 29.8 Å². The molecule has 188 valence electrons. The van der Waals surface area contributed by atoms with Crippen molar-refractivity contribution < 1.29 is 39.3 Å². The van der Waals surface area contributed by atoms with E-state index in [1.54, 1.807) is 13.8 Å². The quantitative estimate of drug-likeness (QED) is 0.191. The standard InChI is InChI=1S/C22H32N4O8/c1-4-11(2)18(26-19(30)12(3)24-20(31)15(23)10-17(28)29)21(32)25-16(22(33)34)9-13-5-7-14(27)8-6-13/h5-8,11-12,15-16,18,27H,4,9-10,23H2,1-3H3,(H,24,31)(H,25,32)(H,26,30)(H,28,29)(H,33,34). The predicted molar refractivity (Wildman–Crippen MR) is 121 cm³/mol. The van der Waals surface area contributed by atoms with Crippen LogP contribution in [0.15, 0.2) is 24.3 Å². The minimum Gasteiger partial charge on any atom is -0.508 e. The molecule has 0 aliphatic carbocycles. The van der Waals surface area contributed by atoms with Crippen molar-refractivity contribution in [1.82, 2.24) is 16.0 Å². The average molecular weight is 481 g/mol. The highest BCUT2D eigenvalue weighted by atomic mass is 16.4. The van der Waals surface area contributed by atoms with Gasteiger partial charge in [-0.2, -0.15) is 0 Å². The topological polar surface area (TPSA) is 208 Å². The number of amides is 3. The van der Waals surface area contributed by atoms with Crippen LogP contribution in [0, 0.1) is 5.92 Å². The van der Waals surface area contributed by atoms with Gasteiger partial charge in [0, 0.05) is 6.42 Å². The first kappa shape index (κ1) is 28.4. The van der Waals surface area contributed by atoms with Crippen molar-refractivity contribution in [2.45, 2.75) is 64.2 Å². The average Bonchev–Trinajstić information content (AvgIpc) is 2.76. The SMILES string of the molecule is CCC(C)C(NC(=O)C(C)NC(=O)C(N)CC(=O)O)C(=O)NC(Cc1ccc(O)cc1)C(=O)O. The molecular formula is C22H32N4O8. The lowest BCUT2D eigenvalue weighted by Crippen LogP contribution is -2.58. The fraction of sp³-hybridized carbons (Fsp3) is 0.500. The number of carbonyl (C=O) groups is 5. The van der Waals surface area contributed by atoms with Crippen molar-refractivity contribution in [3.63, 3.8) is 0 Å². The van der Waals surface area contributed by atoms with Gasteiger partial charge >= 0.3 is 11.9 Å². The Morgan fingerprint density at radius 1 is 0.912 bits per heavy atom. The Kier molecular flexibility index (Phi) is 11.0. The molecule has 12 nitrogen and oxygen atoms in total. The summed E-state index contributed by atoms with van der Waals surface area (Å²) in [6, 6.07) is 1.01. The molecule has 34 heavy (non-hydrogen) atoms. The molecule has 5 unspecified atom stereocenters. The lowest BCUT2D eigenvalue weighted by atomic mass is 9.97. The number of hydrogen-bond acceptors (Lipinski definition) is 7. The monoisotopic (exact) mass is 480 g/mol. The van der Waals surface area contributed by atoms with Crippen molar-refractivity contribution in [3.8, 4) is 5.75 Å². The third-order valence-electron chi connectivity index (χ3n) is 5.27. The summed E-state index contributed by atoms with van der Waals surface area (Å²) in [6.45, 7) is 4.84. The summed E-state index contributed by atoms with van der Waals surface area (Å²) in [5.41, 5.74) is 6.06. The zero-order chi connectivity index (χ0) is 26.0. The highest BCUT2D eigenvalue weighted by molar-refractivity contribution is 5.94. The van der Waals surface area contributed by atoms with E-state index in [-0.39, 0.29) is 18.1 Å². The van der Waals surface area contributed by atoms with Crippen LogP contribution in [0.4, 0.5) is 0 Å². The zero-order valence-electron chi connectivity index (χ0n) is 19.3. The molecule has 12 heteroatoms. The normalized spacial score (nSPS) is 15.2. The van der Waals surface area contributed by atoms with E-state index in [0.717, 1.165) is 0 Å². The lowest BCUT2D eigenvalue weighted by Gasteiger charge is -2.27. The number of aromatic hydroxyl groups is 1. The Bertz CT molecular complexity index is 889. The van der Waals surface area contributed by atoms with Gasteiger partial charge in [0.2, 0.25) is 17.7 Å². The minimum atomic E-state index is -1.35. The second-order valence-electron chi connectivity index (χ2n) is 8.08. The molecule has 1 rings (SSSR count). The number of carboxylic acids is 2. The first-order valence-electron chi connectivity index (χ1n) is 10.7. The minimum absolute atomic E-state index is 0.0179. The van der Waals surface area contributed by atoms with Crippen LogP contribution in [0.5, 0.6) is 5.75 Å². The van der Waals surface area contributed by atoms with Crippen molar-refractivity contribution in [2.75, 3.05) is 0 Å². The smallest absolute Gasteiger partial charge is 0.326 e. The molecule has 3 amide bonds. The molecule has 8 N–H and O–H groups in total. The first-order valence-corrected chi connectivity index (χ1v) is 10.7. The van der Waals surface area contributed by atoms with Crippen molar-refractivity contribution in [2.24, 2.45) is 11.7 Å². The summed E-state index contributed by atoms with van der Waals surface area (Å²) in [5.74, 6) is -5.17. The highest BCUT2D eigenvalue weighted by Crippen LogP contribution is 2.13. The lowest BCUT2D eigenvalue weighted by molar-refractivity contribution is -0.142. The molecule has 0 radical (unpaired) electrons. The van der Waals surface area contributed by atoms with Crippen LogP contribution in [0.2, 0.25) is 0 Å². The van der Waals surface area contributed by atoms with Gasteiger partial charge in [0.25, 0.3) is 0 Å². The molecule has 0 spiro atoms. The second kappa shape index (κ2) is 13.1. The van der Waals surface area contributed by atoms with Crippen LogP contribution >= 0.6 is 0 Å². The maximum Gasteiger partial charge on any atom is 0.326 e. The third-order valence-corrected chi connectivity index (χ3v) is 5.27. The molecule has 5 atom stereocenters. The molecule has 0 fully saturated rings. The molecule has 1 aromatic carbocycles. The molecule has 0 aromatic heterocycles. The summed E-state index contributed by atoms with van der Waals surface area (Å²) in [7, 11) is 0. The fourth-order valence-electron chi connectivity index (χ4n) is 2.98. The molecule has 0 bridgehead atoms. The Labute approximate surface area is 196 Å². The van der Waals surface area contributed by atoms with E-state index < -0.39 is 60.2 Å². The van der Waals surface area contributed by atoms with E-state index in [2.05, 4.69) is 16.0 Å². The van der Waals surface area contributed by atoms with Gasteiger partial charge in [-0.05, 0) is 30.5 Å². The first-order chi connectivity index (χ1) is 15.8. The van der Waals surface area contributed by atoms with E-state index >= 15 is 0 Å². The third kappa shape index (κ3) is 9.06. The summed E-state index contributed by atoms with van der Waals surface area (Å²) >= 11 is 0. The van der Waals surface area contributed by atoms with E-state index in [9.17, 15) is 34.2 Å². The van der Waals surface area contributed by atoms with Gasteiger partial charge in [0.1, 0.15) is 23.9 Å². The number of rotatable bonds is 13. The molecule has 0 heterocycles. The number of phenolic OH excluding ortho intramolecular Hbond substituents is 1. The van der Waals surface area contributed by atoms with Gasteiger partial charge in [-0.25, -0.2) is 4.79 Å². The number of aliphatic carboxylic acids is 2. The van der Waals surface area contributed by atoms with Gasteiger partial charge in [-0.15, -0.1) is 0 Å². The number of hydrogen-bond donors (Lipinski definition) is 7. The Balaban J connectivity index is 2.87. The van der Waals surface area contributed by atoms with Crippen LogP contribution in [0.3, 0.4) is 0 Å². The summed E-state index contributed by atoms with van der Waals surface area (Å²) in [5, 5.41) is 34.9. The molecule has 0 aliphatic heterocycles. The largest absolute Gasteiger partial charge is 0.508 e. The van der Waals surface area contributed by atoms with Crippen LogP contribution < -0.4 is 21.7 Å². The number of nitrogens with two attached hydrogens (primary N) is 1. The van der Waals surface area contributed by atoms with Gasteiger partial charge in [0.15, 0.2) is 0 Å². The Morgan fingerprint density at radius 2 is 1.50 bits per heavy atom. The van der Waals surface area contributed by atoms with Gasteiger partial charge in [-0.1, -0.05) is 32.4 Å². The molecular weight excluding hydrogens is 448 g/mol. The zero-order valence-corrected chi connectivity index (χ0v) is 19.3. The van der Waals surface area contributed by atoms with E-state index in [4.69, 9.17) is 10.8 Å². The molecule has 0 saturated carbocycles. The molecule has 0 saturated heterocycles. The number of carbonyl (C=O) groups excluding carboxylic acids is 3. The fourth-order valence-corrected chi connectivity index (χ4v) is 2.98. The molecule has 1 aromatic rings. The summed E-state index contributed by atoms with van der Waals surface area (Å²) in [4.78, 5) is 59.9. The Morgan fingerprint density at radius 3 is 2.00 bits per heavy atom. The van der Waals surface area contributed by atoms with Gasteiger partial charge in [-0.3, -0.25) is 19.2 Å². The number of carboxylic acid groups (broad SMARTS) is 2. The summed E-state index contributed by atoms with van der Waals surface area (Å²) in [6.07, 6.45) is -0.176. The van der Waals surface area contributed by atoms with Crippen LogP contribution in [0.1, 0.15) is 39.2 Å². The van der Waals surface area contributed by atoms with E-state index in [1.807, 2.05) is 0 Å². The van der Waals surface area contributed by atoms with Gasteiger partial charge < -0.3 is 37.0 Å². The maximum atomic E-state index is 12.9. The molecule has 0 aliphatic rings. The second-order valence-corrected chi connectivity index (χ2v) is 8.08. The van der Waals surface area contributed by atoms with Crippen molar-refractivity contribution >= 4 is 29.7 Å². The number of benzene rings is 1. The summed E-state index contributed by atoms with van der Waals surface area (Å²) < 4.78 is 0.